The number of nitrogens with zero attached hydrogens (tertiary/aromatic N) is 1. The maximum atomic E-state index is 5.30. The van der Waals surface area contributed by atoms with Crippen molar-refractivity contribution in [3.05, 3.63) is 29.8 Å². The Balaban J connectivity index is 1.59. The lowest BCUT2D eigenvalue weighted by Gasteiger charge is -2.26. The van der Waals surface area contributed by atoms with Gasteiger partial charge in [0.05, 0.1) is 0 Å². The highest BCUT2D eigenvalue weighted by molar-refractivity contribution is 7.80. The molecule has 1 saturated heterocycles. The second-order valence-electron chi connectivity index (χ2n) is 5.50. The van der Waals surface area contributed by atoms with Crippen molar-refractivity contribution in [1.29, 1.82) is 0 Å². The van der Waals surface area contributed by atoms with E-state index in [-0.39, 0.29) is 0 Å². The van der Waals surface area contributed by atoms with Crippen molar-refractivity contribution in [2.24, 2.45) is 0 Å². The summed E-state index contributed by atoms with van der Waals surface area (Å²) in [4.78, 5) is 2.56. The molecule has 2 N–H and O–H groups in total. The summed E-state index contributed by atoms with van der Waals surface area (Å²) < 4.78 is 0. The molecule has 0 saturated carbocycles. The number of likely N-dealkylation sites (tertiary alicyclic amines) is 1. The molecular weight excluding hydrogens is 266 g/mol. The molecule has 20 heavy (non-hydrogen) atoms. The molecule has 1 heterocycles. The Morgan fingerprint density at radius 1 is 1.15 bits per heavy atom. The first kappa shape index (κ1) is 15.3. The third kappa shape index (κ3) is 5.47. The summed E-state index contributed by atoms with van der Waals surface area (Å²) in [5, 5.41) is 7.21. The largest absolute Gasteiger partial charge is 0.362 e. The molecule has 0 amide bonds. The van der Waals surface area contributed by atoms with Gasteiger partial charge < -0.3 is 15.5 Å². The van der Waals surface area contributed by atoms with Gasteiger partial charge in [-0.2, -0.15) is 0 Å². The van der Waals surface area contributed by atoms with E-state index in [2.05, 4.69) is 46.7 Å². The van der Waals surface area contributed by atoms with Crippen molar-refractivity contribution < 1.29 is 0 Å². The van der Waals surface area contributed by atoms with Gasteiger partial charge in [0, 0.05) is 12.2 Å². The van der Waals surface area contributed by atoms with Gasteiger partial charge in [-0.25, -0.2) is 0 Å². The molecule has 0 atom stereocenters. The molecule has 3 nitrogen and oxygen atoms in total. The second-order valence-corrected chi connectivity index (χ2v) is 5.91. The molecule has 1 fully saturated rings. The van der Waals surface area contributed by atoms with Crippen LogP contribution in [0.1, 0.15) is 31.2 Å². The summed E-state index contributed by atoms with van der Waals surface area (Å²) in [6.07, 6.45) is 5.27. The monoisotopic (exact) mass is 291 g/mol. The highest BCUT2D eigenvalue weighted by Crippen LogP contribution is 2.09. The molecule has 0 bridgehead atoms. The Labute approximate surface area is 127 Å². The van der Waals surface area contributed by atoms with Crippen molar-refractivity contribution in [2.75, 3.05) is 31.5 Å². The first-order chi connectivity index (χ1) is 9.74. The fourth-order valence-electron chi connectivity index (χ4n) is 2.50. The van der Waals surface area contributed by atoms with Gasteiger partial charge in [-0.1, -0.05) is 24.1 Å². The van der Waals surface area contributed by atoms with E-state index in [1.165, 1.54) is 44.5 Å². The van der Waals surface area contributed by atoms with Crippen LogP contribution >= 0.6 is 12.2 Å². The molecule has 1 aliphatic heterocycles. The Morgan fingerprint density at radius 3 is 2.55 bits per heavy atom. The minimum absolute atomic E-state index is 0.715. The van der Waals surface area contributed by atoms with Crippen LogP contribution in [0.5, 0.6) is 0 Å². The summed E-state index contributed by atoms with van der Waals surface area (Å²) in [5.41, 5.74) is 2.31. The smallest absolute Gasteiger partial charge is 0.170 e. The zero-order valence-corrected chi connectivity index (χ0v) is 13.1. The van der Waals surface area contributed by atoms with Crippen LogP contribution in [0.4, 0.5) is 5.69 Å². The van der Waals surface area contributed by atoms with Gasteiger partial charge in [-0.3, -0.25) is 0 Å². The van der Waals surface area contributed by atoms with E-state index in [1.807, 2.05) is 0 Å². The number of nitrogens with one attached hydrogen (secondary N) is 2. The molecule has 0 spiro atoms. The first-order valence-corrected chi connectivity index (χ1v) is 7.99. The topological polar surface area (TPSA) is 27.3 Å². The van der Waals surface area contributed by atoms with Crippen LogP contribution in [0.25, 0.3) is 0 Å². The fourth-order valence-corrected chi connectivity index (χ4v) is 2.72. The minimum atomic E-state index is 0.715. The lowest BCUT2D eigenvalue weighted by Crippen LogP contribution is -2.34. The molecule has 0 radical (unpaired) electrons. The average molecular weight is 291 g/mol. The highest BCUT2D eigenvalue weighted by Gasteiger charge is 2.08. The molecule has 1 aromatic rings. The quantitative estimate of drug-likeness (QED) is 0.644. The molecule has 110 valence electrons. The lowest BCUT2D eigenvalue weighted by molar-refractivity contribution is 0.227. The Bertz CT molecular complexity index is 410. The van der Waals surface area contributed by atoms with Crippen molar-refractivity contribution in [1.82, 2.24) is 10.2 Å². The molecule has 2 rings (SSSR count). The van der Waals surface area contributed by atoms with Gasteiger partial charge in [-0.05, 0) is 70.2 Å². The van der Waals surface area contributed by atoms with Gasteiger partial charge in [-0.15, -0.1) is 0 Å². The van der Waals surface area contributed by atoms with Crippen LogP contribution in [0, 0.1) is 6.92 Å². The predicted molar refractivity (Wildman–Crippen MR) is 90.3 cm³/mol. The Morgan fingerprint density at radius 2 is 1.85 bits per heavy atom. The average Bonchev–Trinajstić information content (AvgIpc) is 2.47. The van der Waals surface area contributed by atoms with Gasteiger partial charge >= 0.3 is 0 Å². The Kier molecular flexibility index (Phi) is 6.27. The summed E-state index contributed by atoms with van der Waals surface area (Å²) in [6.45, 7) is 6.74. The van der Waals surface area contributed by atoms with Crippen LogP contribution in [0.3, 0.4) is 0 Å². The van der Waals surface area contributed by atoms with Crippen LogP contribution < -0.4 is 10.6 Å². The number of thiocarbonyl (C=S) groups is 1. The maximum Gasteiger partial charge on any atom is 0.170 e. The lowest BCUT2D eigenvalue weighted by atomic mass is 10.1. The molecule has 0 unspecified atom stereocenters. The SMILES string of the molecule is Cc1ccc(NC(=S)NCCCN2CCCCC2)cc1. The number of hydrogen-bond acceptors (Lipinski definition) is 2. The predicted octanol–water partition coefficient (Wildman–Crippen LogP) is 3.16. The van der Waals surface area contributed by atoms with Crippen molar-refractivity contribution in [3.8, 4) is 0 Å². The second kappa shape index (κ2) is 8.22. The number of hydrogen-bond donors (Lipinski definition) is 2. The zero-order chi connectivity index (χ0) is 14.2. The number of benzene rings is 1. The normalized spacial score (nSPS) is 15.8. The summed E-state index contributed by atoms with van der Waals surface area (Å²) in [6, 6.07) is 8.27. The van der Waals surface area contributed by atoms with E-state index in [0.717, 1.165) is 18.7 Å². The fraction of sp³-hybridized carbons (Fsp3) is 0.562. The molecule has 0 aromatic heterocycles. The maximum absolute atomic E-state index is 5.30. The van der Waals surface area contributed by atoms with Gasteiger partial charge in [0.1, 0.15) is 0 Å². The molecule has 1 aromatic carbocycles. The number of anilines is 1. The molecule has 4 heteroatoms. The standard InChI is InChI=1S/C16H25N3S/c1-14-6-8-15(9-7-14)18-16(20)17-10-5-13-19-11-3-2-4-12-19/h6-9H,2-5,10-13H2,1H3,(H2,17,18,20). The van der Waals surface area contributed by atoms with Gasteiger partial charge in [0.15, 0.2) is 5.11 Å². The van der Waals surface area contributed by atoms with Gasteiger partial charge in [0.25, 0.3) is 0 Å². The van der Waals surface area contributed by atoms with Crippen LogP contribution in [0.15, 0.2) is 24.3 Å². The van der Waals surface area contributed by atoms with Crippen LogP contribution in [-0.2, 0) is 0 Å². The van der Waals surface area contributed by atoms with E-state index in [4.69, 9.17) is 12.2 Å². The van der Waals surface area contributed by atoms with Crippen molar-refractivity contribution in [3.63, 3.8) is 0 Å². The third-order valence-electron chi connectivity index (χ3n) is 3.69. The molecule has 1 aliphatic rings. The van der Waals surface area contributed by atoms with Crippen molar-refractivity contribution >= 4 is 23.0 Å². The van der Waals surface area contributed by atoms with Crippen LogP contribution in [0.2, 0.25) is 0 Å². The van der Waals surface area contributed by atoms with E-state index in [0.29, 0.717) is 5.11 Å². The number of piperidine rings is 1. The minimum Gasteiger partial charge on any atom is -0.362 e. The third-order valence-corrected chi connectivity index (χ3v) is 3.94. The summed E-state index contributed by atoms with van der Waals surface area (Å²) in [5.74, 6) is 0. The van der Waals surface area contributed by atoms with Crippen molar-refractivity contribution in [2.45, 2.75) is 32.6 Å². The Hall–Kier alpha value is -1.13. The van der Waals surface area contributed by atoms with E-state index < -0.39 is 0 Å². The van der Waals surface area contributed by atoms with Gasteiger partial charge in [0.2, 0.25) is 0 Å². The van der Waals surface area contributed by atoms with E-state index in [9.17, 15) is 0 Å². The molecular formula is C16H25N3S. The van der Waals surface area contributed by atoms with E-state index in [1.54, 1.807) is 0 Å². The zero-order valence-electron chi connectivity index (χ0n) is 12.3. The summed E-state index contributed by atoms with van der Waals surface area (Å²) >= 11 is 5.30. The van der Waals surface area contributed by atoms with E-state index >= 15 is 0 Å². The number of rotatable bonds is 5. The first-order valence-electron chi connectivity index (χ1n) is 7.58. The summed E-state index contributed by atoms with van der Waals surface area (Å²) in [7, 11) is 0. The molecule has 0 aliphatic carbocycles. The highest BCUT2D eigenvalue weighted by atomic mass is 32.1. The van der Waals surface area contributed by atoms with Crippen LogP contribution in [-0.4, -0.2) is 36.2 Å². The number of aryl methyl sites for hydroxylation is 1.